The van der Waals surface area contributed by atoms with Crippen molar-refractivity contribution in [2.45, 2.75) is 70.6 Å². The van der Waals surface area contributed by atoms with Gasteiger partial charge in [0, 0.05) is 19.3 Å². The predicted octanol–water partition coefficient (Wildman–Crippen LogP) is 2.98. The van der Waals surface area contributed by atoms with Gasteiger partial charge in [0.25, 0.3) is 0 Å². The average molecular weight is 269 g/mol. The van der Waals surface area contributed by atoms with Crippen molar-refractivity contribution in [3.63, 3.8) is 0 Å². The van der Waals surface area contributed by atoms with Crippen molar-refractivity contribution < 1.29 is 9.47 Å². The Bertz CT molecular complexity index is 276. The van der Waals surface area contributed by atoms with Crippen molar-refractivity contribution in [2.24, 2.45) is 11.8 Å². The molecule has 0 aromatic carbocycles. The molecule has 2 rings (SSSR count). The zero-order valence-corrected chi connectivity index (χ0v) is 13.1. The van der Waals surface area contributed by atoms with Gasteiger partial charge in [0.15, 0.2) is 0 Å². The highest BCUT2D eigenvalue weighted by Gasteiger charge is 2.45. The molecule has 1 aliphatic heterocycles. The smallest absolute Gasteiger partial charge is 0.0753 e. The third-order valence-corrected chi connectivity index (χ3v) is 5.01. The minimum atomic E-state index is 0.228. The number of nitrogens with one attached hydrogen (secondary N) is 1. The average Bonchev–Trinajstić information content (AvgIpc) is 2.37. The summed E-state index contributed by atoms with van der Waals surface area (Å²) >= 11 is 0. The van der Waals surface area contributed by atoms with Crippen LogP contribution in [0.15, 0.2) is 0 Å². The standard InChI is InChI=1S/C16H31NO2/c1-5-18-15(12(2)3)14(17-4)13-7-10-19-16(11-13)8-6-9-16/h12-15,17H,5-11H2,1-4H3. The lowest BCUT2D eigenvalue weighted by molar-refractivity contribution is -0.154. The van der Waals surface area contributed by atoms with Gasteiger partial charge in [-0.05, 0) is 57.9 Å². The van der Waals surface area contributed by atoms with Gasteiger partial charge in [-0.2, -0.15) is 0 Å². The topological polar surface area (TPSA) is 30.5 Å². The Kier molecular flexibility index (Phi) is 5.27. The van der Waals surface area contributed by atoms with Crippen molar-refractivity contribution in [1.82, 2.24) is 5.32 Å². The highest BCUT2D eigenvalue weighted by atomic mass is 16.5. The fourth-order valence-corrected chi connectivity index (χ4v) is 3.86. The normalized spacial score (nSPS) is 29.2. The molecule has 112 valence electrons. The first-order valence-electron chi connectivity index (χ1n) is 8.04. The minimum absolute atomic E-state index is 0.228. The molecule has 1 aliphatic carbocycles. The van der Waals surface area contributed by atoms with Crippen LogP contribution in [0.3, 0.4) is 0 Å². The Morgan fingerprint density at radius 1 is 1.37 bits per heavy atom. The van der Waals surface area contributed by atoms with E-state index >= 15 is 0 Å². The van der Waals surface area contributed by atoms with Gasteiger partial charge in [-0.3, -0.25) is 0 Å². The summed E-state index contributed by atoms with van der Waals surface area (Å²) in [4.78, 5) is 0. The molecule has 0 aromatic heterocycles. The Hall–Kier alpha value is -0.120. The third kappa shape index (κ3) is 3.32. The maximum atomic E-state index is 6.06. The van der Waals surface area contributed by atoms with Gasteiger partial charge in [-0.15, -0.1) is 0 Å². The van der Waals surface area contributed by atoms with Gasteiger partial charge in [0.05, 0.1) is 11.7 Å². The van der Waals surface area contributed by atoms with Crippen LogP contribution in [0.1, 0.15) is 52.9 Å². The summed E-state index contributed by atoms with van der Waals surface area (Å²) in [7, 11) is 2.09. The monoisotopic (exact) mass is 269 g/mol. The summed E-state index contributed by atoms with van der Waals surface area (Å²) in [5.74, 6) is 1.25. The van der Waals surface area contributed by atoms with Crippen LogP contribution in [0.5, 0.6) is 0 Å². The van der Waals surface area contributed by atoms with Crippen LogP contribution >= 0.6 is 0 Å². The number of rotatable bonds is 6. The quantitative estimate of drug-likeness (QED) is 0.804. The van der Waals surface area contributed by atoms with Crippen LogP contribution in [0.4, 0.5) is 0 Å². The van der Waals surface area contributed by atoms with Crippen LogP contribution in [-0.4, -0.2) is 38.0 Å². The molecule has 3 atom stereocenters. The molecule has 2 aliphatic rings. The van der Waals surface area contributed by atoms with E-state index in [1.165, 1.54) is 32.1 Å². The maximum Gasteiger partial charge on any atom is 0.0753 e. The maximum absolute atomic E-state index is 6.06. The van der Waals surface area contributed by atoms with E-state index in [2.05, 4.69) is 33.1 Å². The van der Waals surface area contributed by atoms with E-state index in [9.17, 15) is 0 Å². The first-order chi connectivity index (χ1) is 9.12. The Morgan fingerprint density at radius 2 is 2.11 bits per heavy atom. The predicted molar refractivity (Wildman–Crippen MR) is 78.4 cm³/mol. The lowest BCUT2D eigenvalue weighted by atomic mass is 9.69. The van der Waals surface area contributed by atoms with Crippen LogP contribution in [0, 0.1) is 11.8 Å². The molecular weight excluding hydrogens is 238 g/mol. The van der Waals surface area contributed by atoms with Gasteiger partial charge >= 0.3 is 0 Å². The zero-order chi connectivity index (χ0) is 13.9. The summed E-state index contributed by atoms with van der Waals surface area (Å²) in [6, 6.07) is 0.460. The molecule has 2 fully saturated rings. The molecule has 3 heteroatoms. The van der Waals surface area contributed by atoms with Gasteiger partial charge in [-0.1, -0.05) is 13.8 Å². The SMILES string of the molecule is CCOC(C(C)C)C(NC)C1CCOC2(CCC2)C1. The molecule has 1 heterocycles. The van der Waals surface area contributed by atoms with Crippen LogP contribution < -0.4 is 5.32 Å². The Morgan fingerprint density at radius 3 is 2.58 bits per heavy atom. The Labute approximate surface area is 118 Å². The van der Waals surface area contributed by atoms with Crippen molar-refractivity contribution >= 4 is 0 Å². The molecule has 0 amide bonds. The Balaban J connectivity index is 2.02. The fourth-order valence-electron chi connectivity index (χ4n) is 3.86. The first kappa shape index (κ1) is 15.3. The molecule has 3 nitrogen and oxygen atoms in total. The molecule has 1 saturated heterocycles. The highest BCUT2D eigenvalue weighted by Crippen LogP contribution is 2.45. The number of hydrogen-bond donors (Lipinski definition) is 1. The summed E-state index contributed by atoms with van der Waals surface area (Å²) < 4.78 is 12.1. The summed E-state index contributed by atoms with van der Waals surface area (Å²) in [6.07, 6.45) is 6.58. The molecule has 0 aromatic rings. The van der Waals surface area contributed by atoms with E-state index in [4.69, 9.17) is 9.47 Å². The number of ether oxygens (including phenoxy) is 2. The van der Waals surface area contributed by atoms with Crippen molar-refractivity contribution in [3.8, 4) is 0 Å². The molecule has 1 N–H and O–H groups in total. The lowest BCUT2D eigenvalue weighted by Gasteiger charge is -2.50. The van der Waals surface area contributed by atoms with E-state index in [1.54, 1.807) is 0 Å². The molecule has 0 radical (unpaired) electrons. The highest BCUT2D eigenvalue weighted by molar-refractivity contribution is 4.98. The second-order valence-electron chi connectivity index (χ2n) is 6.62. The lowest BCUT2D eigenvalue weighted by Crippen LogP contribution is -2.54. The van der Waals surface area contributed by atoms with Gasteiger partial charge in [0.1, 0.15) is 0 Å². The van der Waals surface area contributed by atoms with E-state index in [1.807, 2.05) is 0 Å². The van der Waals surface area contributed by atoms with Gasteiger partial charge in [0.2, 0.25) is 0 Å². The van der Waals surface area contributed by atoms with Gasteiger partial charge in [-0.25, -0.2) is 0 Å². The van der Waals surface area contributed by atoms with Crippen LogP contribution in [0.2, 0.25) is 0 Å². The zero-order valence-electron chi connectivity index (χ0n) is 13.1. The molecule has 1 spiro atoms. The van der Waals surface area contributed by atoms with E-state index in [0.29, 0.717) is 24.0 Å². The number of hydrogen-bond acceptors (Lipinski definition) is 3. The van der Waals surface area contributed by atoms with E-state index in [-0.39, 0.29) is 5.60 Å². The van der Waals surface area contributed by atoms with E-state index in [0.717, 1.165) is 13.2 Å². The van der Waals surface area contributed by atoms with Gasteiger partial charge < -0.3 is 14.8 Å². The molecule has 0 bridgehead atoms. The van der Waals surface area contributed by atoms with E-state index < -0.39 is 0 Å². The molecule has 1 saturated carbocycles. The second kappa shape index (κ2) is 6.55. The largest absolute Gasteiger partial charge is 0.377 e. The fraction of sp³-hybridized carbons (Fsp3) is 1.00. The molecule has 19 heavy (non-hydrogen) atoms. The number of likely N-dealkylation sites (N-methyl/N-ethyl adjacent to an activating group) is 1. The van der Waals surface area contributed by atoms with Crippen LogP contribution in [-0.2, 0) is 9.47 Å². The minimum Gasteiger partial charge on any atom is -0.377 e. The summed E-state index contributed by atoms with van der Waals surface area (Å²) in [5, 5.41) is 3.54. The molecular formula is C16H31NO2. The summed E-state index contributed by atoms with van der Waals surface area (Å²) in [5.41, 5.74) is 0.228. The first-order valence-corrected chi connectivity index (χ1v) is 8.04. The van der Waals surface area contributed by atoms with Crippen LogP contribution in [0.25, 0.3) is 0 Å². The van der Waals surface area contributed by atoms with Crippen molar-refractivity contribution in [3.05, 3.63) is 0 Å². The van der Waals surface area contributed by atoms with Crippen molar-refractivity contribution in [2.75, 3.05) is 20.3 Å². The van der Waals surface area contributed by atoms with Crippen molar-refractivity contribution in [1.29, 1.82) is 0 Å². The summed E-state index contributed by atoms with van der Waals surface area (Å²) in [6.45, 7) is 8.36. The third-order valence-electron chi connectivity index (χ3n) is 5.01. The second-order valence-corrected chi connectivity index (χ2v) is 6.62. The molecule has 3 unspecified atom stereocenters.